The number of nitrogens with one attached hydrogen (secondary N) is 1. The predicted molar refractivity (Wildman–Crippen MR) is 54.1 cm³/mol. The fourth-order valence-corrected chi connectivity index (χ4v) is 0.962. The van der Waals surface area contributed by atoms with Crippen LogP contribution in [0.5, 0.6) is 0 Å². The van der Waals surface area contributed by atoms with Crippen LogP contribution in [0.3, 0.4) is 0 Å². The highest BCUT2D eigenvalue weighted by Crippen LogP contribution is 2.21. The number of ether oxygens (including phenoxy) is 1. The van der Waals surface area contributed by atoms with Gasteiger partial charge in [-0.15, -0.1) is 0 Å². The van der Waals surface area contributed by atoms with Gasteiger partial charge in [-0.2, -0.15) is 0 Å². The van der Waals surface area contributed by atoms with E-state index in [2.05, 4.69) is 26.4 Å². The summed E-state index contributed by atoms with van der Waals surface area (Å²) < 4.78 is 10.3. The minimum absolute atomic E-state index is 0.235. The van der Waals surface area contributed by atoms with Crippen LogP contribution in [0.2, 0.25) is 0 Å². The quantitative estimate of drug-likeness (QED) is 0.846. The summed E-state index contributed by atoms with van der Waals surface area (Å²) in [6, 6.07) is 0. The van der Waals surface area contributed by atoms with Crippen LogP contribution in [0.1, 0.15) is 20.8 Å². The summed E-state index contributed by atoms with van der Waals surface area (Å²) in [4.78, 5) is 11.2. The third-order valence-electron chi connectivity index (χ3n) is 1.14. The van der Waals surface area contributed by atoms with Gasteiger partial charge in [0.1, 0.15) is 10.1 Å². The molecule has 14 heavy (non-hydrogen) atoms. The molecule has 78 valence electrons. The first-order valence-electron chi connectivity index (χ1n) is 3.98. The van der Waals surface area contributed by atoms with Gasteiger partial charge in [0, 0.05) is 0 Å². The summed E-state index contributed by atoms with van der Waals surface area (Å²) in [6.45, 7) is 5.34. The first-order valence-corrected chi connectivity index (χ1v) is 4.78. The van der Waals surface area contributed by atoms with Crippen molar-refractivity contribution in [2.24, 2.45) is 0 Å². The van der Waals surface area contributed by atoms with Gasteiger partial charge in [0.2, 0.25) is 5.88 Å². The van der Waals surface area contributed by atoms with Gasteiger partial charge >= 0.3 is 6.09 Å². The lowest BCUT2D eigenvalue weighted by Gasteiger charge is -2.18. The molecule has 0 spiro atoms. The van der Waals surface area contributed by atoms with Crippen LogP contribution in [0.15, 0.2) is 15.2 Å². The molecule has 0 aliphatic heterocycles. The number of amides is 1. The standard InChI is InChI=1S/C8H11BrN2O3/c1-8(2,3)13-7(12)11-6-5(9)4-10-14-6/h4H,1-3H3,(H,11,12). The molecule has 1 aromatic heterocycles. The molecule has 0 aliphatic rings. The lowest BCUT2D eigenvalue weighted by Crippen LogP contribution is -2.27. The zero-order valence-corrected chi connectivity index (χ0v) is 9.71. The van der Waals surface area contributed by atoms with Crippen molar-refractivity contribution in [2.45, 2.75) is 26.4 Å². The number of carbonyl (C=O) groups excluding carboxylic acids is 1. The maximum Gasteiger partial charge on any atom is 0.414 e. The number of hydrogen-bond acceptors (Lipinski definition) is 4. The van der Waals surface area contributed by atoms with E-state index in [9.17, 15) is 4.79 Å². The lowest BCUT2D eigenvalue weighted by atomic mass is 10.2. The lowest BCUT2D eigenvalue weighted by molar-refractivity contribution is 0.0631. The Morgan fingerprint density at radius 3 is 2.71 bits per heavy atom. The first kappa shape index (κ1) is 11.0. The molecule has 0 saturated heterocycles. The van der Waals surface area contributed by atoms with Crippen molar-refractivity contribution in [1.82, 2.24) is 5.16 Å². The van der Waals surface area contributed by atoms with Crippen molar-refractivity contribution >= 4 is 27.9 Å². The fraction of sp³-hybridized carbons (Fsp3) is 0.500. The minimum atomic E-state index is -0.574. The van der Waals surface area contributed by atoms with E-state index in [4.69, 9.17) is 9.26 Å². The van der Waals surface area contributed by atoms with E-state index in [1.54, 1.807) is 20.8 Å². The second kappa shape index (κ2) is 4.00. The third-order valence-corrected chi connectivity index (χ3v) is 1.71. The average molecular weight is 263 g/mol. The topological polar surface area (TPSA) is 64.4 Å². The maximum atomic E-state index is 11.2. The van der Waals surface area contributed by atoms with Gasteiger partial charge in [-0.1, -0.05) is 5.16 Å². The SMILES string of the molecule is CC(C)(C)OC(=O)Nc1oncc1Br. The molecule has 0 bridgehead atoms. The molecule has 0 unspecified atom stereocenters. The molecule has 0 aromatic carbocycles. The van der Waals surface area contributed by atoms with E-state index in [0.29, 0.717) is 4.47 Å². The zero-order valence-electron chi connectivity index (χ0n) is 8.13. The number of halogens is 1. The zero-order chi connectivity index (χ0) is 10.8. The second-order valence-electron chi connectivity index (χ2n) is 3.63. The van der Waals surface area contributed by atoms with Gasteiger partial charge in [0.15, 0.2) is 0 Å². The molecule has 0 radical (unpaired) electrons. The van der Waals surface area contributed by atoms with E-state index in [1.807, 2.05) is 0 Å². The van der Waals surface area contributed by atoms with Crippen LogP contribution in [0.4, 0.5) is 10.7 Å². The van der Waals surface area contributed by atoms with E-state index < -0.39 is 11.7 Å². The van der Waals surface area contributed by atoms with Gasteiger partial charge in [0.25, 0.3) is 0 Å². The van der Waals surface area contributed by atoms with E-state index in [1.165, 1.54) is 6.20 Å². The molecule has 1 N–H and O–H groups in total. The fourth-order valence-electron chi connectivity index (χ4n) is 0.706. The summed E-state index contributed by atoms with van der Waals surface area (Å²) in [7, 11) is 0. The largest absolute Gasteiger partial charge is 0.444 e. The van der Waals surface area contributed by atoms with Gasteiger partial charge in [-0.25, -0.2) is 4.79 Å². The Morgan fingerprint density at radius 1 is 1.64 bits per heavy atom. The Kier molecular flexibility index (Phi) is 3.15. The number of aromatic nitrogens is 1. The molecule has 5 nitrogen and oxygen atoms in total. The number of nitrogens with zero attached hydrogens (tertiary/aromatic N) is 1. The summed E-state index contributed by atoms with van der Waals surface area (Å²) in [5.74, 6) is 0.235. The number of anilines is 1. The molecule has 1 aromatic rings. The van der Waals surface area contributed by atoms with Crippen molar-refractivity contribution in [3.05, 3.63) is 10.7 Å². The molecule has 0 atom stereocenters. The number of rotatable bonds is 1. The van der Waals surface area contributed by atoms with Crippen LogP contribution in [0, 0.1) is 0 Å². The first-order chi connectivity index (χ1) is 6.38. The van der Waals surface area contributed by atoms with Crippen molar-refractivity contribution in [2.75, 3.05) is 5.32 Å². The Morgan fingerprint density at radius 2 is 2.29 bits per heavy atom. The van der Waals surface area contributed by atoms with Gasteiger partial charge in [0.05, 0.1) is 6.20 Å². The van der Waals surface area contributed by atoms with Crippen LogP contribution < -0.4 is 5.32 Å². The highest BCUT2D eigenvalue weighted by molar-refractivity contribution is 9.10. The average Bonchev–Trinajstić information content (AvgIpc) is 2.32. The molecule has 0 fully saturated rings. The van der Waals surface area contributed by atoms with Crippen molar-refractivity contribution in [3.63, 3.8) is 0 Å². The molecule has 6 heteroatoms. The molecule has 1 heterocycles. The predicted octanol–water partition coefficient (Wildman–Crippen LogP) is 2.78. The monoisotopic (exact) mass is 262 g/mol. The number of carbonyl (C=O) groups is 1. The highest BCUT2D eigenvalue weighted by Gasteiger charge is 2.18. The van der Waals surface area contributed by atoms with Gasteiger partial charge in [-0.05, 0) is 36.7 Å². The van der Waals surface area contributed by atoms with Crippen molar-refractivity contribution in [1.29, 1.82) is 0 Å². The van der Waals surface area contributed by atoms with Gasteiger partial charge < -0.3 is 9.26 Å². The minimum Gasteiger partial charge on any atom is -0.444 e. The van der Waals surface area contributed by atoms with Gasteiger partial charge in [-0.3, -0.25) is 5.32 Å². The molecule has 0 aliphatic carbocycles. The Labute approximate surface area is 89.9 Å². The van der Waals surface area contributed by atoms with E-state index in [-0.39, 0.29) is 5.88 Å². The van der Waals surface area contributed by atoms with Crippen molar-refractivity contribution < 1.29 is 14.1 Å². The Hall–Kier alpha value is -1.04. The summed E-state index contributed by atoms with van der Waals surface area (Å²) in [5.41, 5.74) is -0.531. The van der Waals surface area contributed by atoms with Crippen LogP contribution in [-0.4, -0.2) is 16.9 Å². The second-order valence-corrected chi connectivity index (χ2v) is 4.48. The Balaban J connectivity index is 2.54. The summed E-state index contributed by atoms with van der Waals surface area (Å²) in [6.07, 6.45) is 0.863. The van der Waals surface area contributed by atoms with E-state index in [0.717, 1.165) is 0 Å². The molecular weight excluding hydrogens is 252 g/mol. The summed E-state index contributed by atoms with van der Waals surface area (Å²) >= 11 is 3.15. The maximum absolute atomic E-state index is 11.2. The third kappa shape index (κ3) is 3.37. The van der Waals surface area contributed by atoms with E-state index >= 15 is 0 Å². The van der Waals surface area contributed by atoms with Crippen LogP contribution >= 0.6 is 15.9 Å². The number of hydrogen-bond donors (Lipinski definition) is 1. The van der Waals surface area contributed by atoms with Crippen molar-refractivity contribution in [3.8, 4) is 0 Å². The smallest absolute Gasteiger partial charge is 0.414 e. The molecular formula is C8H11BrN2O3. The molecule has 1 amide bonds. The molecule has 0 saturated carbocycles. The highest BCUT2D eigenvalue weighted by atomic mass is 79.9. The Bertz CT molecular complexity index is 330. The molecule has 1 rings (SSSR count). The van der Waals surface area contributed by atoms with Crippen LogP contribution in [-0.2, 0) is 4.74 Å². The summed E-state index contributed by atoms with van der Waals surface area (Å²) in [5, 5.41) is 5.89. The normalized spacial score (nSPS) is 11.1. The van der Waals surface area contributed by atoms with Crippen LogP contribution in [0.25, 0.3) is 0 Å².